The van der Waals surface area contributed by atoms with Crippen molar-refractivity contribution in [2.45, 2.75) is 143 Å². The summed E-state index contributed by atoms with van der Waals surface area (Å²) in [4.78, 5) is 92.3. The molecule has 4 saturated carbocycles. The highest BCUT2D eigenvalue weighted by Crippen LogP contribution is 2.88. The quantitative estimate of drug-likeness (QED) is 0.241. The fraction of sp³-hybridized carbons (Fsp3) is 0.756. The van der Waals surface area contributed by atoms with E-state index in [0.29, 0.717) is 19.4 Å². The van der Waals surface area contributed by atoms with Gasteiger partial charge < -0.3 is 16.0 Å². The van der Waals surface area contributed by atoms with Crippen molar-refractivity contribution in [1.82, 2.24) is 20.2 Å². The van der Waals surface area contributed by atoms with Crippen LogP contribution in [0.25, 0.3) is 0 Å². The van der Waals surface area contributed by atoms with Gasteiger partial charge in [-0.3, -0.25) is 33.8 Å². The third-order valence-electron chi connectivity index (χ3n) is 14.7. The summed E-state index contributed by atoms with van der Waals surface area (Å²) in [7, 11) is 0. The lowest BCUT2D eigenvalue weighted by Gasteiger charge is -2.37. The van der Waals surface area contributed by atoms with Gasteiger partial charge in [0.15, 0.2) is 11.6 Å². The molecule has 1 saturated heterocycles. The first-order valence-electron chi connectivity index (χ1n) is 19.8. The molecule has 1 aliphatic heterocycles. The fourth-order valence-electron chi connectivity index (χ4n) is 11.0. The lowest BCUT2D eigenvalue weighted by atomic mass is 9.73. The van der Waals surface area contributed by atoms with E-state index in [9.17, 15) is 24.0 Å². The number of nitrogens with zero attached hydrogens (tertiary/aromatic N) is 3. The highest BCUT2D eigenvalue weighted by Gasteiger charge is 2.85. The Morgan fingerprint density at radius 1 is 0.923 bits per heavy atom. The third-order valence-corrected chi connectivity index (χ3v) is 14.7. The Bertz CT molecular complexity index is 1570. The molecule has 2 spiro atoms. The normalized spacial score (nSPS) is 26.9. The van der Waals surface area contributed by atoms with Gasteiger partial charge in [-0.2, -0.15) is 0 Å². The molecule has 5 atom stereocenters. The Hall–Kier alpha value is -3.50. The van der Waals surface area contributed by atoms with Gasteiger partial charge in [0.05, 0.1) is 18.3 Å². The lowest BCUT2D eigenvalue weighted by molar-refractivity contribution is -0.147. The molecule has 0 radical (unpaired) electrons. The fourth-order valence-corrected chi connectivity index (χ4v) is 11.0. The zero-order valence-electron chi connectivity index (χ0n) is 31.9. The van der Waals surface area contributed by atoms with Crippen molar-refractivity contribution < 1.29 is 28.8 Å². The summed E-state index contributed by atoms with van der Waals surface area (Å²) in [6, 6.07) is -1.52. The monoisotopic (exact) mass is 717 g/mol. The van der Waals surface area contributed by atoms with E-state index in [0.717, 1.165) is 70.6 Å². The average Bonchev–Trinajstić information content (AvgIpc) is 3.28. The molecule has 5 fully saturated rings. The van der Waals surface area contributed by atoms with E-state index < -0.39 is 46.9 Å². The van der Waals surface area contributed by atoms with Crippen LogP contribution >= 0.6 is 0 Å². The molecular weight excluding hydrogens is 658 g/mol. The van der Waals surface area contributed by atoms with Crippen LogP contribution in [0, 0.1) is 45.3 Å². The minimum absolute atomic E-state index is 0.0527. The second-order valence-corrected chi connectivity index (χ2v) is 18.5. The number of rotatable bonds is 14. The number of carbonyl (C=O) groups is 6. The molecule has 284 valence electrons. The minimum atomic E-state index is -1.02. The number of hydrogen-bond donors (Lipinski definition) is 2. The van der Waals surface area contributed by atoms with Gasteiger partial charge in [0.1, 0.15) is 5.69 Å². The second kappa shape index (κ2) is 14.4. The molecule has 0 bridgehead atoms. The molecule has 0 aromatic carbocycles. The molecule has 3 N–H and O–H groups in total. The van der Waals surface area contributed by atoms with Crippen LogP contribution in [0.2, 0.25) is 0 Å². The van der Waals surface area contributed by atoms with Crippen LogP contribution in [0.3, 0.4) is 0 Å². The first-order valence-corrected chi connectivity index (χ1v) is 19.8. The zero-order chi connectivity index (χ0) is 37.6. The molecule has 11 heteroatoms. The molecule has 2 unspecified atom stereocenters. The maximum Gasteiger partial charge on any atom is 0.285 e. The Balaban J connectivity index is 1.28. The van der Waals surface area contributed by atoms with Gasteiger partial charge in [-0.15, -0.1) is 0 Å². The topological polar surface area (TPSA) is 169 Å². The summed E-state index contributed by atoms with van der Waals surface area (Å²) < 4.78 is 0. The van der Waals surface area contributed by atoms with E-state index in [4.69, 9.17) is 5.73 Å². The number of carbonyl (C=O) groups excluding carboxylic acids is 6. The predicted molar refractivity (Wildman–Crippen MR) is 194 cm³/mol. The maximum atomic E-state index is 15.1. The van der Waals surface area contributed by atoms with Gasteiger partial charge in [0.25, 0.3) is 11.8 Å². The molecule has 2 heterocycles. The van der Waals surface area contributed by atoms with Gasteiger partial charge in [-0.25, -0.2) is 4.98 Å². The SMILES string of the molecule is CC(C)(C)[C@H](CC(=O)[C@@H](NC(=O)c1cnccn1)C1CCCCC1)C(=O)N1CC2(C[C@H]1C(=O)CC(CC1CCC1)C(=O)C(N)=O)C(C)(C)C21CCC1. The van der Waals surface area contributed by atoms with E-state index in [1.165, 1.54) is 18.6 Å². The maximum absolute atomic E-state index is 15.1. The van der Waals surface area contributed by atoms with Gasteiger partial charge in [0, 0.05) is 49.0 Å². The number of Topliss-reactive ketones (excluding diaryl/α,β-unsaturated/α-hetero) is 3. The van der Waals surface area contributed by atoms with Crippen LogP contribution < -0.4 is 11.1 Å². The van der Waals surface area contributed by atoms with Crippen LogP contribution in [-0.4, -0.2) is 68.6 Å². The Kier molecular flexibility index (Phi) is 10.6. The highest BCUT2D eigenvalue weighted by molar-refractivity contribution is 6.36. The van der Waals surface area contributed by atoms with E-state index >= 15 is 4.79 Å². The smallest absolute Gasteiger partial charge is 0.285 e. The van der Waals surface area contributed by atoms with E-state index in [2.05, 4.69) is 29.1 Å². The number of fused-ring (bicyclic) bond motifs is 1. The van der Waals surface area contributed by atoms with Crippen molar-refractivity contribution in [3.05, 3.63) is 24.3 Å². The molecule has 3 amide bonds. The van der Waals surface area contributed by atoms with Gasteiger partial charge in [-0.1, -0.05) is 79.6 Å². The zero-order valence-corrected chi connectivity index (χ0v) is 31.9. The summed E-state index contributed by atoms with van der Waals surface area (Å²) in [5, 5.41) is 2.98. The first-order chi connectivity index (χ1) is 24.5. The van der Waals surface area contributed by atoms with Crippen molar-refractivity contribution in [2.24, 2.45) is 51.1 Å². The number of amides is 3. The summed E-state index contributed by atoms with van der Waals surface area (Å²) >= 11 is 0. The molecule has 4 aliphatic carbocycles. The summed E-state index contributed by atoms with van der Waals surface area (Å²) in [5.74, 6) is -4.11. The van der Waals surface area contributed by atoms with Crippen molar-refractivity contribution in [3.63, 3.8) is 0 Å². The first kappa shape index (κ1) is 38.2. The molecule has 6 rings (SSSR count). The van der Waals surface area contributed by atoms with Gasteiger partial charge in [-0.05, 0) is 66.6 Å². The van der Waals surface area contributed by atoms with Gasteiger partial charge in [0.2, 0.25) is 11.7 Å². The molecule has 52 heavy (non-hydrogen) atoms. The van der Waals surface area contributed by atoms with E-state index in [1.807, 2.05) is 20.8 Å². The van der Waals surface area contributed by atoms with Crippen LogP contribution in [0.1, 0.15) is 141 Å². The number of ketones is 3. The molecule has 5 aliphatic rings. The van der Waals surface area contributed by atoms with E-state index in [1.54, 1.807) is 4.90 Å². The third kappa shape index (κ3) is 6.74. The number of primary amides is 1. The largest absolute Gasteiger partial charge is 0.363 e. The molecular formula is C41H59N5O6. The Morgan fingerprint density at radius 2 is 1.62 bits per heavy atom. The number of nitrogens with two attached hydrogens (primary N) is 1. The molecule has 1 aromatic rings. The van der Waals surface area contributed by atoms with Gasteiger partial charge >= 0.3 is 0 Å². The minimum Gasteiger partial charge on any atom is -0.363 e. The van der Waals surface area contributed by atoms with Crippen molar-refractivity contribution >= 4 is 35.1 Å². The highest BCUT2D eigenvalue weighted by atomic mass is 16.2. The summed E-state index contributed by atoms with van der Waals surface area (Å²) in [6.07, 6.45) is 15.9. The second-order valence-electron chi connectivity index (χ2n) is 18.5. The van der Waals surface area contributed by atoms with Crippen molar-refractivity contribution in [2.75, 3.05) is 6.54 Å². The van der Waals surface area contributed by atoms with Crippen LogP contribution in [0.15, 0.2) is 18.6 Å². The Morgan fingerprint density at radius 3 is 2.13 bits per heavy atom. The average molecular weight is 718 g/mol. The number of likely N-dealkylation sites (tertiary alicyclic amines) is 1. The van der Waals surface area contributed by atoms with Crippen LogP contribution in [-0.2, 0) is 24.0 Å². The van der Waals surface area contributed by atoms with Crippen LogP contribution in [0.4, 0.5) is 0 Å². The molecule has 1 aromatic heterocycles. The standard InChI is InChI=1S/C41H59N5O6/c1-38(2,3)28(21-32(48)33(26-13-7-6-8-14-26)45-36(51)29-23-43-17-18-44-29)37(52)46-24-41(39(4,5)40(41)15-10-16-40)22-30(46)31(47)20-27(34(49)35(42)50)19-25-11-9-12-25/h17-18,23,25-28,30,33H,6-16,19-22,24H2,1-5H3,(H2,42,50)(H,45,51)/t27?,28-,30+,33+,41?/m1/s1. The lowest BCUT2D eigenvalue weighted by Crippen LogP contribution is -2.51. The van der Waals surface area contributed by atoms with Crippen molar-refractivity contribution in [1.29, 1.82) is 0 Å². The Labute approximate surface area is 308 Å². The van der Waals surface area contributed by atoms with E-state index in [-0.39, 0.29) is 64.1 Å². The van der Waals surface area contributed by atoms with Crippen LogP contribution in [0.5, 0.6) is 0 Å². The summed E-state index contributed by atoms with van der Waals surface area (Å²) in [5.41, 5.74) is 4.73. The van der Waals surface area contributed by atoms with Crippen molar-refractivity contribution in [3.8, 4) is 0 Å². The summed E-state index contributed by atoms with van der Waals surface area (Å²) in [6.45, 7) is 10.8. The number of nitrogens with one attached hydrogen (secondary N) is 1. The number of hydrogen-bond acceptors (Lipinski definition) is 8. The predicted octanol–water partition coefficient (Wildman–Crippen LogP) is 5.39. The number of aromatic nitrogens is 2. The molecule has 11 nitrogen and oxygen atoms in total.